The third kappa shape index (κ3) is 6.15. The minimum absolute atomic E-state index is 1.19. The van der Waals surface area contributed by atoms with E-state index in [1.54, 1.807) is 0 Å². The van der Waals surface area contributed by atoms with Crippen LogP contribution in [0.5, 0.6) is 0 Å². The van der Waals surface area contributed by atoms with Crippen molar-refractivity contribution in [1.82, 2.24) is 0 Å². The topological polar surface area (TPSA) is 0 Å². The Morgan fingerprint density at radius 1 is 0.132 bits per heavy atom. The summed E-state index contributed by atoms with van der Waals surface area (Å²) in [4.78, 5) is 0. The molecule has 0 N–H and O–H groups in total. The molecule has 0 aliphatic carbocycles. The van der Waals surface area contributed by atoms with Gasteiger partial charge < -0.3 is 0 Å². The van der Waals surface area contributed by atoms with E-state index < -0.39 is 0 Å². The van der Waals surface area contributed by atoms with E-state index in [2.05, 4.69) is 255 Å². The standard InChI is InChI=1S/C68H42/c1-5-17-47-37-53(29-25-43(47)13-1)65-57-21-9-11-23-59(57)67(55-31-27-45-15-3-7-19-49(45)39-55)63-41-51(33-35-61(63)65)52-34-36-62-64(42-52)68(56-32-28-46-16-4-8-20-50(46)40-56)60-24-12-10-22-58(60)66(62)54-30-26-44-14-2-6-18-48(44)38-54/h1-42H. The second kappa shape index (κ2) is 15.4. The normalized spacial score (nSPS) is 11.8. The molecule has 0 saturated carbocycles. The van der Waals surface area contributed by atoms with Crippen molar-refractivity contribution in [2.45, 2.75) is 0 Å². The molecule has 0 aliphatic rings. The van der Waals surface area contributed by atoms with Gasteiger partial charge in [-0.2, -0.15) is 0 Å². The minimum atomic E-state index is 1.19. The van der Waals surface area contributed by atoms with Crippen molar-refractivity contribution >= 4 is 86.2 Å². The van der Waals surface area contributed by atoms with Crippen LogP contribution in [0.1, 0.15) is 0 Å². The van der Waals surface area contributed by atoms with Crippen LogP contribution in [-0.4, -0.2) is 0 Å². The Kier molecular flexibility index (Phi) is 8.69. The largest absolute Gasteiger partial charge is 0.0616 e. The third-order valence-corrected chi connectivity index (χ3v) is 14.5. The van der Waals surface area contributed by atoms with Crippen molar-refractivity contribution in [2.75, 3.05) is 0 Å². The van der Waals surface area contributed by atoms with Gasteiger partial charge in [-0.05, 0) is 178 Å². The monoisotopic (exact) mass is 858 g/mol. The zero-order chi connectivity index (χ0) is 44.7. The van der Waals surface area contributed by atoms with Crippen molar-refractivity contribution in [3.8, 4) is 55.6 Å². The van der Waals surface area contributed by atoms with E-state index >= 15 is 0 Å². The van der Waals surface area contributed by atoms with E-state index in [1.165, 1.54) is 142 Å². The summed E-state index contributed by atoms with van der Waals surface area (Å²) < 4.78 is 0. The highest BCUT2D eigenvalue weighted by molar-refractivity contribution is 6.25. The van der Waals surface area contributed by atoms with Crippen LogP contribution >= 0.6 is 0 Å². The molecule has 314 valence electrons. The molecule has 14 aromatic rings. The summed E-state index contributed by atoms with van der Waals surface area (Å²) in [5.74, 6) is 0. The van der Waals surface area contributed by atoms with Crippen molar-refractivity contribution < 1.29 is 0 Å². The lowest BCUT2D eigenvalue weighted by molar-refractivity contribution is 1.65. The molecule has 0 aliphatic heterocycles. The van der Waals surface area contributed by atoms with Crippen molar-refractivity contribution in [3.63, 3.8) is 0 Å². The highest BCUT2D eigenvalue weighted by Gasteiger charge is 2.21. The molecule has 68 heavy (non-hydrogen) atoms. The average molecular weight is 859 g/mol. The first-order valence-corrected chi connectivity index (χ1v) is 23.6. The van der Waals surface area contributed by atoms with E-state index in [0.29, 0.717) is 0 Å². The van der Waals surface area contributed by atoms with Crippen molar-refractivity contribution in [2.24, 2.45) is 0 Å². The van der Waals surface area contributed by atoms with Gasteiger partial charge in [-0.15, -0.1) is 0 Å². The summed E-state index contributed by atoms with van der Waals surface area (Å²) >= 11 is 0. The zero-order valence-electron chi connectivity index (χ0n) is 37.2. The first-order chi connectivity index (χ1) is 33.7. The fourth-order valence-electron chi connectivity index (χ4n) is 11.3. The molecule has 14 aromatic carbocycles. The Hall–Kier alpha value is -8.84. The van der Waals surface area contributed by atoms with E-state index in [-0.39, 0.29) is 0 Å². The summed E-state index contributed by atoms with van der Waals surface area (Å²) in [5.41, 5.74) is 12.3. The average Bonchev–Trinajstić information content (AvgIpc) is 3.40. The highest BCUT2D eigenvalue weighted by atomic mass is 14.2. The zero-order valence-corrected chi connectivity index (χ0v) is 37.2. The minimum Gasteiger partial charge on any atom is -0.0616 e. The Morgan fingerprint density at radius 3 is 0.647 bits per heavy atom. The maximum atomic E-state index is 2.47. The maximum Gasteiger partial charge on any atom is -0.00259 e. The lowest BCUT2D eigenvalue weighted by Crippen LogP contribution is -1.93. The summed E-state index contributed by atoms with van der Waals surface area (Å²) in [7, 11) is 0. The van der Waals surface area contributed by atoms with Gasteiger partial charge in [-0.3, -0.25) is 0 Å². The maximum absolute atomic E-state index is 2.47. The van der Waals surface area contributed by atoms with Crippen LogP contribution in [0.2, 0.25) is 0 Å². The molecule has 0 bridgehead atoms. The molecular formula is C68H42. The number of hydrogen-bond donors (Lipinski definition) is 0. The quantitative estimate of drug-likeness (QED) is 0.151. The molecule has 0 atom stereocenters. The van der Waals surface area contributed by atoms with Gasteiger partial charge in [0.1, 0.15) is 0 Å². The summed E-state index contributed by atoms with van der Waals surface area (Å²) in [6, 6.07) is 95.1. The van der Waals surface area contributed by atoms with Crippen LogP contribution in [0.15, 0.2) is 255 Å². The van der Waals surface area contributed by atoms with E-state index in [4.69, 9.17) is 0 Å². The van der Waals surface area contributed by atoms with E-state index in [1.807, 2.05) is 0 Å². The SMILES string of the molecule is c1ccc2cc(-c3c4ccccc4c(-c4ccc5ccccc5c4)c4cc(-c5ccc6c(-c7ccc8ccccc8c7)c7ccccc7c(-c7ccc8ccccc8c7)c6c5)ccc34)ccc2c1. The molecule has 0 saturated heterocycles. The molecule has 0 unspecified atom stereocenters. The first kappa shape index (κ1) is 38.4. The highest BCUT2D eigenvalue weighted by Crippen LogP contribution is 2.48. The number of benzene rings is 14. The Bertz CT molecular complexity index is 4100. The van der Waals surface area contributed by atoms with Gasteiger partial charge in [0, 0.05) is 0 Å². The molecule has 0 aromatic heterocycles. The van der Waals surface area contributed by atoms with Crippen LogP contribution in [0.25, 0.3) is 142 Å². The predicted octanol–water partition coefficient (Wildman–Crippen LogP) is 19.2. The lowest BCUT2D eigenvalue weighted by Gasteiger charge is -2.20. The lowest BCUT2D eigenvalue weighted by atomic mass is 9.83. The van der Waals surface area contributed by atoms with E-state index in [9.17, 15) is 0 Å². The van der Waals surface area contributed by atoms with Gasteiger partial charge in [0.05, 0.1) is 0 Å². The van der Waals surface area contributed by atoms with Crippen molar-refractivity contribution in [3.05, 3.63) is 255 Å². The molecular weight excluding hydrogens is 817 g/mol. The van der Waals surface area contributed by atoms with Gasteiger partial charge >= 0.3 is 0 Å². The Labute approximate surface area is 394 Å². The van der Waals surface area contributed by atoms with Crippen LogP contribution in [0.4, 0.5) is 0 Å². The summed E-state index contributed by atoms with van der Waals surface area (Å²) in [5, 5.41) is 19.9. The predicted molar refractivity (Wildman–Crippen MR) is 294 cm³/mol. The Morgan fingerprint density at radius 2 is 0.353 bits per heavy atom. The second-order valence-corrected chi connectivity index (χ2v) is 18.4. The molecule has 0 nitrogen and oxygen atoms in total. The van der Waals surface area contributed by atoms with Crippen LogP contribution in [0, 0.1) is 0 Å². The van der Waals surface area contributed by atoms with Gasteiger partial charge in [0.2, 0.25) is 0 Å². The summed E-state index contributed by atoms with van der Waals surface area (Å²) in [6.45, 7) is 0. The van der Waals surface area contributed by atoms with E-state index in [0.717, 1.165) is 0 Å². The molecule has 0 amide bonds. The van der Waals surface area contributed by atoms with Gasteiger partial charge in [-0.1, -0.05) is 218 Å². The van der Waals surface area contributed by atoms with Crippen LogP contribution in [-0.2, 0) is 0 Å². The molecule has 14 rings (SSSR count). The molecule has 0 heteroatoms. The van der Waals surface area contributed by atoms with Crippen LogP contribution in [0.3, 0.4) is 0 Å². The second-order valence-electron chi connectivity index (χ2n) is 18.4. The van der Waals surface area contributed by atoms with Crippen molar-refractivity contribution in [1.29, 1.82) is 0 Å². The van der Waals surface area contributed by atoms with Gasteiger partial charge in [-0.25, -0.2) is 0 Å². The molecule has 0 heterocycles. The molecule has 0 radical (unpaired) electrons. The molecule has 0 spiro atoms. The van der Waals surface area contributed by atoms with Gasteiger partial charge in [0.25, 0.3) is 0 Å². The smallest absolute Gasteiger partial charge is 0.00259 e. The Balaban J connectivity index is 1.07. The number of rotatable bonds is 5. The number of fused-ring (bicyclic) bond motifs is 8. The third-order valence-electron chi connectivity index (χ3n) is 14.5. The molecule has 0 fully saturated rings. The fourth-order valence-corrected chi connectivity index (χ4v) is 11.3. The number of hydrogen-bond acceptors (Lipinski definition) is 0. The summed E-state index contributed by atoms with van der Waals surface area (Å²) in [6.07, 6.45) is 0. The van der Waals surface area contributed by atoms with Gasteiger partial charge in [0.15, 0.2) is 0 Å². The first-order valence-electron chi connectivity index (χ1n) is 23.6. The van der Waals surface area contributed by atoms with Crippen LogP contribution < -0.4 is 0 Å². The fraction of sp³-hybridized carbons (Fsp3) is 0.